The number of hydrogen-bond donors (Lipinski definition) is 0. The number of nitriles is 1. The highest BCUT2D eigenvalue weighted by molar-refractivity contribution is 5.41. The second kappa shape index (κ2) is 6.20. The lowest BCUT2D eigenvalue weighted by atomic mass is 10.3. The van der Waals surface area contributed by atoms with Crippen LogP contribution in [0, 0.1) is 18.3 Å². The Morgan fingerprint density at radius 2 is 2.00 bits per heavy atom. The zero-order valence-electron chi connectivity index (χ0n) is 13.8. The Morgan fingerprint density at radius 1 is 1.24 bits per heavy atom. The van der Waals surface area contributed by atoms with Gasteiger partial charge in [0.05, 0.1) is 12.2 Å². The second-order valence-electron chi connectivity index (χ2n) is 5.63. The first-order valence-electron chi connectivity index (χ1n) is 7.68. The number of hydrogen-bond acceptors (Lipinski definition) is 5. The van der Waals surface area contributed by atoms with E-state index in [-0.39, 0.29) is 23.4 Å². The molecule has 0 aliphatic carbocycles. The van der Waals surface area contributed by atoms with Crippen molar-refractivity contribution in [2.24, 2.45) is 0 Å². The smallest absolute Gasteiger partial charge is 0.299 e. The lowest BCUT2D eigenvalue weighted by Gasteiger charge is -2.10. The molecule has 0 unspecified atom stereocenters. The molecule has 0 saturated carbocycles. The molecule has 8 heteroatoms. The van der Waals surface area contributed by atoms with E-state index in [1.807, 2.05) is 6.92 Å². The fraction of sp³-hybridized carbons (Fsp3) is 0.235. The molecule has 3 aromatic rings. The van der Waals surface area contributed by atoms with E-state index in [0.717, 1.165) is 10.1 Å². The summed E-state index contributed by atoms with van der Waals surface area (Å²) in [6, 6.07) is 6.60. The van der Waals surface area contributed by atoms with Gasteiger partial charge < -0.3 is 0 Å². The van der Waals surface area contributed by atoms with Gasteiger partial charge in [-0.05, 0) is 31.5 Å². The Bertz CT molecular complexity index is 1190. The van der Waals surface area contributed by atoms with Crippen LogP contribution in [0.2, 0.25) is 0 Å². The van der Waals surface area contributed by atoms with Crippen LogP contribution in [0.15, 0.2) is 45.0 Å². The summed E-state index contributed by atoms with van der Waals surface area (Å²) in [5, 5.41) is 9.09. The Kier molecular flexibility index (Phi) is 4.07. The number of aryl methyl sites for hydroxylation is 2. The quantitative estimate of drug-likeness (QED) is 0.682. The monoisotopic (exact) mass is 337 g/mol. The molecule has 0 fully saturated rings. The van der Waals surface area contributed by atoms with Crippen LogP contribution in [0.25, 0.3) is 5.65 Å². The summed E-state index contributed by atoms with van der Waals surface area (Å²) in [6.07, 6.45) is 2.86. The predicted molar refractivity (Wildman–Crippen MR) is 90.7 cm³/mol. The summed E-state index contributed by atoms with van der Waals surface area (Å²) in [5.74, 6) is 0. The topological polar surface area (TPSA) is 102 Å². The molecule has 0 bridgehead atoms. The highest BCUT2D eigenvalue weighted by Gasteiger charge is 2.12. The largest absolute Gasteiger partial charge is 0.331 e. The van der Waals surface area contributed by atoms with E-state index in [9.17, 15) is 14.4 Å². The zero-order valence-corrected chi connectivity index (χ0v) is 13.8. The van der Waals surface area contributed by atoms with Gasteiger partial charge >= 0.3 is 5.69 Å². The first-order valence-corrected chi connectivity index (χ1v) is 7.68. The molecule has 0 amide bonds. The molecule has 25 heavy (non-hydrogen) atoms. The molecule has 0 N–H and O–H groups in total. The standard InChI is InChI=1S/C17H15N5O3/c1-3-20-9-12(8-18)16(24)22(17(20)25)10-13-7-15(23)21-5-4-11(2)6-14(21)19-13/h4-7,9H,3,10H2,1-2H3. The highest BCUT2D eigenvalue weighted by Crippen LogP contribution is 2.03. The van der Waals surface area contributed by atoms with E-state index in [4.69, 9.17) is 5.26 Å². The summed E-state index contributed by atoms with van der Waals surface area (Å²) in [7, 11) is 0. The number of pyridine rings is 1. The van der Waals surface area contributed by atoms with Crippen LogP contribution in [-0.2, 0) is 13.1 Å². The zero-order chi connectivity index (χ0) is 18.1. The molecule has 0 spiro atoms. The van der Waals surface area contributed by atoms with E-state index in [0.29, 0.717) is 12.2 Å². The molecule has 3 heterocycles. The van der Waals surface area contributed by atoms with Crippen LogP contribution in [0.3, 0.4) is 0 Å². The average molecular weight is 337 g/mol. The van der Waals surface area contributed by atoms with Crippen LogP contribution in [0.1, 0.15) is 23.7 Å². The van der Waals surface area contributed by atoms with Gasteiger partial charge in [0.2, 0.25) is 0 Å². The minimum atomic E-state index is -0.691. The maximum atomic E-state index is 12.4. The van der Waals surface area contributed by atoms with E-state index >= 15 is 0 Å². The van der Waals surface area contributed by atoms with Crippen molar-refractivity contribution in [1.29, 1.82) is 5.26 Å². The molecule has 0 aliphatic heterocycles. The minimum Gasteiger partial charge on any atom is -0.299 e. The van der Waals surface area contributed by atoms with E-state index in [2.05, 4.69) is 4.98 Å². The van der Waals surface area contributed by atoms with Crippen molar-refractivity contribution in [2.75, 3.05) is 0 Å². The van der Waals surface area contributed by atoms with Crippen molar-refractivity contribution >= 4 is 5.65 Å². The number of fused-ring (bicyclic) bond motifs is 1. The number of nitrogens with zero attached hydrogens (tertiary/aromatic N) is 5. The molecule has 3 aromatic heterocycles. The summed E-state index contributed by atoms with van der Waals surface area (Å²) in [5.41, 5.74) is -0.0207. The molecular formula is C17H15N5O3. The molecule has 126 valence electrons. The lowest BCUT2D eigenvalue weighted by Crippen LogP contribution is -2.41. The van der Waals surface area contributed by atoms with Gasteiger partial charge in [-0.25, -0.2) is 9.78 Å². The van der Waals surface area contributed by atoms with Gasteiger partial charge in [-0.2, -0.15) is 5.26 Å². The van der Waals surface area contributed by atoms with Gasteiger partial charge in [-0.15, -0.1) is 0 Å². The Balaban J connectivity index is 2.20. The van der Waals surface area contributed by atoms with Crippen LogP contribution >= 0.6 is 0 Å². The van der Waals surface area contributed by atoms with Crippen molar-refractivity contribution in [3.63, 3.8) is 0 Å². The van der Waals surface area contributed by atoms with Crippen molar-refractivity contribution in [1.82, 2.24) is 18.5 Å². The van der Waals surface area contributed by atoms with E-state index in [1.54, 1.807) is 31.3 Å². The molecule has 0 atom stereocenters. The molecule has 0 saturated heterocycles. The Hall–Kier alpha value is -3.47. The van der Waals surface area contributed by atoms with Crippen LogP contribution in [0.5, 0.6) is 0 Å². The van der Waals surface area contributed by atoms with Crippen molar-refractivity contribution in [3.8, 4) is 6.07 Å². The highest BCUT2D eigenvalue weighted by atomic mass is 16.2. The van der Waals surface area contributed by atoms with Gasteiger partial charge in [0, 0.05) is 25.0 Å². The molecule has 8 nitrogen and oxygen atoms in total. The van der Waals surface area contributed by atoms with Crippen LogP contribution in [0.4, 0.5) is 0 Å². The lowest BCUT2D eigenvalue weighted by molar-refractivity contribution is 0.591. The number of rotatable bonds is 3. The molecular weight excluding hydrogens is 322 g/mol. The molecule has 0 aliphatic rings. The number of aromatic nitrogens is 4. The summed E-state index contributed by atoms with van der Waals surface area (Å²) < 4.78 is 3.59. The van der Waals surface area contributed by atoms with Crippen molar-refractivity contribution in [3.05, 3.63) is 78.6 Å². The third-order valence-electron chi connectivity index (χ3n) is 3.89. The van der Waals surface area contributed by atoms with Crippen LogP contribution < -0.4 is 16.8 Å². The maximum Gasteiger partial charge on any atom is 0.331 e. The molecule has 0 aromatic carbocycles. The van der Waals surface area contributed by atoms with Crippen LogP contribution in [-0.4, -0.2) is 18.5 Å². The first kappa shape index (κ1) is 16.4. The van der Waals surface area contributed by atoms with Gasteiger partial charge in [0.15, 0.2) is 0 Å². The first-order chi connectivity index (χ1) is 11.9. The maximum absolute atomic E-state index is 12.4. The van der Waals surface area contributed by atoms with Gasteiger partial charge in [0.1, 0.15) is 17.3 Å². The SMILES string of the molecule is CCn1cc(C#N)c(=O)n(Cc2cc(=O)n3ccc(C)cc3n2)c1=O. The van der Waals surface area contributed by atoms with E-state index in [1.165, 1.54) is 21.2 Å². The summed E-state index contributed by atoms with van der Waals surface area (Å²) in [4.78, 5) is 41.3. The normalized spacial score (nSPS) is 10.8. The summed E-state index contributed by atoms with van der Waals surface area (Å²) >= 11 is 0. The Morgan fingerprint density at radius 3 is 2.68 bits per heavy atom. The third-order valence-corrected chi connectivity index (χ3v) is 3.89. The second-order valence-corrected chi connectivity index (χ2v) is 5.63. The molecule has 3 rings (SSSR count). The predicted octanol–water partition coefficient (Wildman–Crippen LogP) is 0.266. The third kappa shape index (κ3) is 2.87. The van der Waals surface area contributed by atoms with Gasteiger partial charge in [-0.3, -0.25) is 23.1 Å². The van der Waals surface area contributed by atoms with Gasteiger partial charge in [-0.1, -0.05) is 0 Å². The van der Waals surface area contributed by atoms with Gasteiger partial charge in [0.25, 0.3) is 11.1 Å². The fourth-order valence-corrected chi connectivity index (χ4v) is 2.59. The van der Waals surface area contributed by atoms with Crippen molar-refractivity contribution < 1.29 is 0 Å². The summed E-state index contributed by atoms with van der Waals surface area (Å²) in [6.45, 7) is 3.76. The average Bonchev–Trinajstić information content (AvgIpc) is 2.58. The Labute approximate surface area is 141 Å². The van der Waals surface area contributed by atoms with E-state index < -0.39 is 11.2 Å². The molecule has 0 radical (unpaired) electrons. The minimum absolute atomic E-state index is 0.130. The van der Waals surface area contributed by atoms with Crippen molar-refractivity contribution in [2.45, 2.75) is 26.9 Å². The fourth-order valence-electron chi connectivity index (χ4n) is 2.59.